The van der Waals surface area contributed by atoms with Crippen LogP contribution in [0.3, 0.4) is 0 Å². The van der Waals surface area contributed by atoms with Gasteiger partial charge in [-0.2, -0.15) is 0 Å². The molecule has 2 heterocycles. The third-order valence-corrected chi connectivity index (χ3v) is 3.45. The molecule has 0 unspecified atom stereocenters. The first-order chi connectivity index (χ1) is 11.0. The molecule has 3 rings (SSSR count). The first-order valence-electron chi connectivity index (χ1n) is 6.55. The fourth-order valence-corrected chi connectivity index (χ4v) is 2.11. The van der Waals surface area contributed by atoms with Crippen molar-refractivity contribution < 1.29 is 4.92 Å². The zero-order chi connectivity index (χ0) is 16.4. The molecule has 3 aromatic rings. The third-order valence-electron chi connectivity index (χ3n) is 3.20. The predicted octanol–water partition coefficient (Wildman–Crippen LogP) is 3.12. The summed E-state index contributed by atoms with van der Waals surface area (Å²) in [6.07, 6.45) is 4.50. The van der Waals surface area contributed by atoms with E-state index < -0.39 is 4.92 Å². The average molecular weight is 331 g/mol. The van der Waals surface area contributed by atoms with Crippen LogP contribution in [-0.2, 0) is 7.05 Å². The molecule has 9 heteroatoms. The van der Waals surface area contributed by atoms with Gasteiger partial charge in [0.25, 0.3) is 0 Å². The normalized spacial score (nSPS) is 11.2. The molecule has 0 radical (unpaired) electrons. The van der Waals surface area contributed by atoms with E-state index in [9.17, 15) is 10.1 Å². The molecule has 1 aromatic carbocycles. The van der Waals surface area contributed by atoms with E-state index in [-0.39, 0.29) is 5.95 Å². The van der Waals surface area contributed by atoms with Crippen molar-refractivity contribution in [2.45, 2.75) is 0 Å². The largest absolute Gasteiger partial charge is 0.434 e. The Morgan fingerprint density at radius 1 is 1.30 bits per heavy atom. The Hall–Kier alpha value is -3.00. The van der Waals surface area contributed by atoms with Crippen LogP contribution in [-0.4, -0.2) is 30.7 Å². The van der Waals surface area contributed by atoms with Gasteiger partial charge in [0.05, 0.1) is 25.2 Å². The maximum atomic E-state index is 10.7. The fraction of sp³-hybridized carbons (Fsp3) is 0.0714. The lowest BCUT2D eigenvalue weighted by atomic mass is 10.2. The highest BCUT2D eigenvalue weighted by molar-refractivity contribution is 6.30. The highest BCUT2D eigenvalue weighted by Gasteiger charge is 2.15. The van der Waals surface area contributed by atoms with E-state index >= 15 is 0 Å². The first kappa shape index (κ1) is 14.9. The van der Waals surface area contributed by atoms with Gasteiger partial charge >= 0.3 is 5.95 Å². The molecule has 0 spiro atoms. The molecule has 0 aliphatic heterocycles. The zero-order valence-corrected chi connectivity index (χ0v) is 12.7. The first-order valence-corrected chi connectivity index (χ1v) is 6.93. The fourth-order valence-electron chi connectivity index (χ4n) is 1.98. The van der Waals surface area contributed by atoms with Gasteiger partial charge in [0, 0.05) is 5.02 Å². The molecule has 116 valence electrons. The van der Waals surface area contributed by atoms with Crippen molar-refractivity contribution in [2.75, 3.05) is 0 Å². The van der Waals surface area contributed by atoms with Gasteiger partial charge in [-0.1, -0.05) is 28.7 Å². The molecule has 1 N–H and O–H groups in total. The number of rotatable bonds is 4. The van der Waals surface area contributed by atoms with Gasteiger partial charge in [0.15, 0.2) is 5.69 Å². The van der Waals surface area contributed by atoms with Gasteiger partial charge < -0.3 is 15.1 Å². The summed E-state index contributed by atoms with van der Waals surface area (Å²) in [6.45, 7) is 0. The number of halogens is 1. The van der Waals surface area contributed by atoms with Gasteiger partial charge in [0.2, 0.25) is 5.95 Å². The van der Waals surface area contributed by atoms with E-state index in [4.69, 9.17) is 11.6 Å². The molecule has 0 fully saturated rings. The minimum Gasteiger partial charge on any atom is -0.390 e. The lowest BCUT2D eigenvalue weighted by molar-refractivity contribution is -0.396. The number of nitrogens with one attached hydrogen (secondary N) is 1. The number of nitrogens with zero attached hydrogens (tertiary/aromatic N) is 5. The SMILES string of the molecule is Cn1c(C=Nc2ncc(-c3ccc(Cl)cc3)[nH]2)cnc1[N+](=O)[O-]. The molecule has 0 bridgehead atoms. The van der Waals surface area contributed by atoms with E-state index in [2.05, 4.69) is 19.9 Å². The van der Waals surface area contributed by atoms with Gasteiger partial charge in [-0.3, -0.25) is 0 Å². The Labute approximate surface area is 135 Å². The maximum Gasteiger partial charge on any atom is 0.434 e. The van der Waals surface area contributed by atoms with Crippen molar-refractivity contribution in [3.8, 4) is 11.3 Å². The predicted molar refractivity (Wildman–Crippen MR) is 86.2 cm³/mol. The van der Waals surface area contributed by atoms with Crippen LogP contribution in [0.2, 0.25) is 5.02 Å². The standard InChI is InChI=1S/C14H11ClN6O2/c1-20-11(7-18-14(20)21(22)23)6-16-13-17-8-12(19-13)9-2-4-10(15)5-3-9/h2-8H,1H3,(H,17,19). The van der Waals surface area contributed by atoms with Gasteiger partial charge in [-0.15, -0.1) is 0 Å². The van der Waals surface area contributed by atoms with Crippen LogP contribution in [0.4, 0.5) is 11.9 Å². The number of hydrogen-bond acceptors (Lipinski definition) is 5. The van der Waals surface area contributed by atoms with Crippen LogP contribution in [0.15, 0.2) is 41.7 Å². The van der Waals surface area contributed by atoms with E-state index in [1.165, 1.54) is 17.0 Å². The molecule has 0 aliphatic rings. The molecule has 0 amide bonds. The summed E-state index contributed by atoms with van der Waals surface area (Å²) in [5.74, 6) is 0.145. The van der Waals surface area contributed by atoms with Crippen molar-refractivity contribution in [1.29, 1.82) is 0 Å². The highest BCUT2D eigenvalue weighted by Crippen LogP contribution is 2.21. The number of nitro groups is 1. The lowest BCUT2D eigenvalue weighted by Crippen LogP contribution is -2.01. The van der Waals surface area contributed by atoms with Crippen molar-refractivity contribution in [1.82, 2.24) is 19.5 Å². The summed E-state index contributed by atoms with van der Waals surface area (Å²) in [7, 11) is 1.55. The molecular formula is C14H11ClN6O2. The topological polar surface area (TPSA) is 102 Å². The van der Waals surface area contributed by atoms with Crippen LogP contribution < -0.4 is 0 Å². The van der Waals surface area contributed by atoms with Crippen molar-refractivity contribution >= 4 is 29.7 Å². The van der Waals surface area contributed by atoms with E-state index in [1.54, 1.807) is 25.4 Å². The second-order valence-electron chi connectivity index (χ2n) is 4.68. The number of aromatic amines is 1. The molecule has 2 aromatic heterocycles. The lowest BCUT2D eigenvalue weighted by Gasteiger charge is -1.96. The molecular weight excluding hydrogens is 320 g/mol. The van der Waals surface area contributed by atoms with Gasteiger partial charge in [-0.05, 0) is 22.6 Å². The molecule has 0 aliphatic carbocycles. The molecule has 0 saturated heterocycles. The van der Waals surface area contributed by atoms with Crippen molar-refractivity contribution in [2.24, 2.45) is 12.0 Å². The summed E-state index contributed by atoms with van der Waals surface area (Å²) < 4.78 is 1.34. The summed E-state index contributed by atoms with van der Waals surface area (Å²) in [4.78, 5) is 25.3. The van der Waals surface area contributed by atoms with Crippen molar-refractivity contribution in [3.05, 3.63) is 57.5 Å². The number of imidazole rings is 2. The second-order valence-corrected chi connectivity index (χ2v) is 5.12. The molecule has 0 atom stereocenters. The summed E-state index contributed by atoms with van der Waals surface area (Å²) in [5.41, 5.74) is 2.23. The Kier molecular flexibility index (Phi) is 3.90. The number of hydrogen-bond donors (Lipinski definition) is 1. The average Bonchev–Trinajstić information content (AvgIpc) is 3.13. The number of H-pyrrole nitrogens is 1. The summed E-state index contributed by atoms with van der Waals surface area (Å²) in [6, 6.07) is 7.31. The monoisotopic (exact) mass is 330 g/mol. The number of aromatic nitrogens is 4. The van der Waals surface area contributed by atoms with Crippen molar-refractivity contribution in [3.63, 3.8) is 0 Å². The van der Waals surface area contributed by atoms with E-state index in [0.717, 1.165) is 11.3 Å². The Morgan fingerprint density at radius 2 is 2.04 bits per heavy atom. The minimum absolute atomic E-state index is 0.243. The summed E-state index contributed by atoms with van der Waals surface area (Å²) >= 11 is 5.86. The zero-order valence-electron chi connectivity index (χ0n) is 12.0. The van der Waals surface area contributed by atoms with Gasteiger partial charge in [0.1, 0.15) is 6.20 Å². The van der Waals surface area contributed by atoms with Crippen LogP contribution >= 0.6 is 11.6 Å². The van der Waals surface area contributed by atoms with Crippen LogP contribution in [0.25, 0.3) is 11.3 Å². The Bertz CT molecular complexity index is 881. The van der Waals surface area contributed by atoms with Crippen LogP contribution in [0.5, 0.6) is 0 Å². The minimum atomic E-state index is -0.553. The smallest absolute Gasteiger partial charge is 0.390 e. The summed E-state index contributed by atoms with van der Waals surface area (Å²) in [5, 5.41) is 11.4. The van der Waals surface area contributed by atoms with Gasteiger partial charge in [-0.25, -0.2) is 14.5 Å². The quantitative estimate of drug-likeness (QED) is 0.451. The Morgan fingerprint density at radius 3 is 2.70 bits per heavy atom. The van der Waals surface area contributed by atoms with Crippen LogP contribution in [0.1, 0.15) is 5.69 Å². The van der Waals surface area contributed by atoms with E-state index in [0.29, 0.717) is 16.7 Å². The number of benzene rings is 1. The Balaban J connectivity index is 1.81. The van der Waals surface area contributed by atoms with E-state index in [1.807, 2.05) is 12.1 Å². The molecule has 8 nitrogen and oxygen atoms in total. The maximum absolute atomic E-state index is 10.7. The van der Waals surface area contributed by atoms with Crippen LogP contribution in [0, 0.1) is 10.1 Å². The highest BCUT2D eigenvalue weighted by atomic mass is 35.5. The molecule has 23 heavy (non-hydrogen) atoms. The number of aliphatic imine (C=N–C) groups is 1. The third kappa shape index (κ3) is 3.11. The second kappa shape index (κ2) is 6.01. The molecule has 0 saturated carbocycles.